The number of piperidine rings is 1. The molecule has 3 atom stereocenters. The molecule has 0 radical (unpaired) electrons. The van der Waals surface area contributed by atoms with Crippen molar-refractivity contribution in [3.63, 3.8) is 0 Å². The quantitative estimate of drug-likeness (QED) is 0.845. The predicted octanol–water partition coefficient (Wildman–Crippen LogP) is 2.27. The van der Waals surface area contributed by atoms with Gasteiger partial charge in [-0.25, -0.2) is 0 Å². The zero-order valence-corrected chi connectivity index (χ0v) is 12.2. The summed E-state index contributed by atoms with van der Waals surface area (Å²) in [5.74, 6) is 3.66. The molecule has 1 heterocycles. The fraction of sp³-hybridized carbons (Fsp3) is 0.938. The van der Waals surface area contributed by atoms with Crippen molar-refractivity contribution in [2.24, 2.45) is 23.7 Å². The smallest absolute Gasteiger partial charge is 0.222 e. The highest BCUT2D eigenvalue weighted by atomic mass is 16.2. The lowest BCUT2D eigenvalue weighted by molar-refractivity contribution is -0.132. The number of hydrogen-bond donors (Lipinski definition) is 1. The van der Waals surface area contributed by atoms with Gasteiger partial charge in [0.1, 0.15) is 0 Å². The van der Waals surface area contributed by atoms with E-state index in [9.17, 15) is 4.79 Å². The first-order valence-corrected chi connectivity index (χ1v) is 8.17. The third-order valence-corrected chi connectivity index (χ3v) is 5.74. The zero-order valence-electron chi connectivity index (χ0n) is 12.2. The number of carbonyl (C=O) groups excluding carboxylic acids is 1. The maximum atomic E-state index is 12.4. The molecule has 2 bridgehead atoms. The second-order valence-corrected chi connectivity index (χ2v) is 7.11. The molecule has 3 heteroatoms. The Labute approximate surface area is 117 Å². The second kappa shape index (κ2) is 5.82. The molecule has 1 saturated heterocycles. The van der Waals surface area contributed by atoms with Crippen LogP contribution in [0.15, 0.2) is 0 Å². The molecule has 1 aliphatic heterocycles. The molecular weight excluding hydrogens is 236 g/mol. The predicted molar refractivity (Wildman–Crippen MR) is 76.8 cm³/mol. The number of carbonyl (C=O) groups is 1. The first-order chi connectivity index (χ1) is 9.22. The first-order valence-electron chi connectivity index (χ1n) is 8.17. The van der Waals surface area contributed by atoms with Crippen LogP contribution in [-0.2, 0) is 4.79 Å². The van der Waals surface area contributed by atoms with Crippen LogP contribution >= 0.6 is 0 Å². The van der Waals surface area contributed by atoms with Crippen LogP contribution in [0.3, 0.4) is 0 Å². The highest BCUT2D eigenvalue weighted by molar-refractivity contribution is 5.76. The van der Waals surface area contributed by atoms with Crippen molar-refractivity contribution in [1.82, 2.24) is 10.2 Å². The van der Waals surface area contributed by atoms with Gasteiger partial charge < -0.3 is 10.2 Å². The van der Waals surface area contributed by atoms with Gasteiger partial charge >= 0.3 is 0 Å². The van der Waals surface area contributed by atoms with Gasteiger partial charge in [0, 0.05) is 20.0 Å². The van der Waals surface area contributed by atoms with Crippen LogP contribution in [0.1, 0.15) is 44.9 Å². The third kappa shape index (κ3) is 3.13. The van der Waals surface area contributed by atoms with Crippen molar-refractivity contribution >= 4 is 5.91 Å². The van der Waals surface area contributed by atoms with E-state index in [0.29, 0.717) is 11.8 Å². The monoisotopic (exact) mass is 264 g/mol. The molecule has 108 valence electrons. The van der Waals surface area contributed by atoms with E-state index >= 15 is 0 Å². The standard InChI is InChI=1S/C16H28N2O/c1-18(11-12-4-6-17-7-5-12)16(19)10-15-9-13-2-3-14(15)8-13/h12-15,17H,2-11H2,1H3. The molecule has 19 heavy (non-hydrogen) atoms. The minimum absolute atomic E-state index is 0.399. The lowest BCUT2D eigenvalue weighted by Crippen LogP contribution is -2.38. The number of nitrogens with one attached hydrogen (secondary N) is 1. The van der Waals surface area contributed by atoms with Crippen LogP contribution in [0.5, 0.6) is 0 Å². The normalized spacial score (nSPS) is 34.7. The Hall–Kier alpha value is -0.570. The minimum atomic E-state index is 0.399. The van der Waals surface area contributed by atoms with Gasteiger partial charge in [-0.15, -0.1) is 0 Å². The van der Waals surface area contributed by atoms with Crippen LogP contribution in [0.25, 0.3) is 0 Å². The molecule has 3 unspecified atom stereocenters. The lowest BCUT2D eigenvalue weighted by Gasteiger charge is -2.29. The van der Waals surface area contributed by atoms with Gasteiger partial charge in [0.05, 0.1) is 0 Å². The average molecular weight is 264 g/mol. The van der Waals surface area contributed by atoms with Crippen LogP contribution in [0, 0.1) is 23.7 Å². The van der Waals surface area contributed by atoms with Crippen LogP contribution in [0.2, 0.25) is 0 Å². The topological polar surface area (TPSA) is 32.3 Å². The van der Waals surface area contributed by atoms with Crippen molar-refractivity contribution in [1.29, 1.82) is 0 Å². The zero-order chi connectivity index (χ0) is 13.2. The summed E-state index contributed by atoms with van der Waals surface area (Å²) in [6.07, 6.45) is 8.84. The van der Waals surface area contributed by atoms with Gasteiger partial charge in [-0.1, -0.05) is 6.42 Å². The van der Waals surface area contributed by atoms with E-state index < -0.39 is 0 Å². The van der Waals surface area contributed by atoms with E-state index in [1.807, 2.05) is 11.9 Å². The summed E-state index contributed by atoms with van der Waals surface area (Å²) in [5, 5.41) is 3.39. The fourth-order valence-electron chi connectivity index (χ4n) is 4.56. The molecule has 0 aromatic carbocycles. The van der Waals surface area contributed by atoms with Crippen LogP contribution in [-0.4, -0.2) is 37.5 Å². The molecule has 3 rings (SSSR count). The van der Waals surface area contributed by atoms with E-state index in [2.05, 4.69) is 5.32 Å². The largest absolute Gasteiger partial charge is 0.345 e. The summed E-state index contributed by atoms with van der Waals surface area (Å²) in [7, 11) is 2.01. The number of rotatable bonds is 4. The summed E-state index contributed by atoms with van der Waals surface area (Å²) in [5.41, 5.74) is 0. The SMILES string of the molecule is CN(CC1CCNCC1)C(=O)CC1CC2CCC1C2. The Bertz CT molecular complexity index is 325. The Morgan fingerprint density at radius 1 is 1.16 bits per heavy atom. The Kier molecular flexibility index (Phi) is 4.11. The molecule has 1 amide bonds. The molecule has 0 aromatic heterocycles. The van der Waals surface area contributed by atoms with E-state index in [0.717, 1.165) is 43.8 Å². The van der Waals surface area contributed by atoms with Gasteiger partial charge in [0.15, 0.2) is 0 Å². The summed E-state index contributed by atoms with van der Waals surface area (Å²) in [6, 6.07) is 0. The van der Waals surface area contributed by atoms with Crippen LogP contribution < -0.4 is 5.32 Å². The summed E-state index contributed by atoms with van der Waals surface area (Å²) < 4.78 is 0. The first kappa shape index (κ1) is 13.4. The average Bonchev–Trinajstić information content (AvgIpc) is 3.02. The van der Waals surface area contributed by atoms with Crippen LogP contribution in [0.4, 0.5) is 0 Å². The Morgan fingerprint density at radius 3 is 2.58 bits per heavy atom. The van der Waals surface area contributed by atoms with E-state index in [1.54, 1.807) is 0 Å². The molecular formula is C16H28N2O. The molecule has 0 spiro atoms. The second-order valence-electron chi connectivity index (χ2n) is 7.11. The molecule has 2 aliphatic carbocycles. The van der Waals surface area contributed by atoms with Gasteiger partial charge in [-0.3, -0.25) is 4.79 Å². The molecule has 3 fully saturated rings. The van der Waals surface area contributed by atoms with E-state index in [4.69, 9.17) is 0 Å². The number of nitrogens with zero attached hydrogens (tertiary/aromatic N) is 1. The third-order valence-electron chi connectivity index (χ3n) is 5.74. The molecule has 3 nitrogen and oxygen atoms in total. The molecule has 2 saturated carbocycles. The molecule has 1 N–H and O–H groups in total. The molecule has 0 aromatic rings. The highest BCUT2D eigenvalue weighted by Crippen LogP contribution is 2.49. The summed E-state index contributed by atoms with van der Waals surface area (Å²) in [4.78, 5) is 14.4. The fourth-order valence-corrected chi connectivity index (χ4v) is 4.56. The van der Waals surface area contributed by atoms with Gasteiger partial charge in [0.25, 0.3) is 0 Å². The van der Waals surface area contributed by atoms with Gasteiger partial charge in [0.2, 0.25) is 5.91 Å². The van der Waals surface area contributed by atoms with E-state index in [-0.39, 0.29) is 0 Å². The summed E-state index contributed by atoms with van der Waals surface area (Å²) >= 11 is 0. The van der Waals surface area contributed by atoms with Gasteiger partial charge in [-0.05, 0) is 68.9 Å². The lowest BCUT2D eigenvalue weighted by atomic mass is 9.86. The van der Waals surface area contributed by atoms with Crippen molar-refractivity contribution < 1.29 is 4.79 Å². The van der Waals surface area contributed by atoms with Crippen molar-refractivity contribution in [3.05, 3.63) is 0 Å². The number of amides is 1. The maximum Gasteiger partial charge on any atom is 0.222 e. The minimum Gasteiger partial charge on any atom is -0.345 e. The van der Waals surface area contributed by atoms with E-state index in [1.165, 1.54) is 38.5 Å². The molecule has 3 aliphatic rings. The van der Waals surface area contributed by atoms with Crippen molar-refractivity contribution in [3.8, 4) is 0 Å². The Morgan fingerprint density at radius 2 is 1.95 bits per heavy atom. The van der Waals surface area contributed by atoms with Crippen molar-refractivity contribution in [2.75, 3.05) is 26.7 Å². The summed E-state index contributed by atoms with van der Waals surface area (Å²) in [6.45, 7) is 3.22. The Balaban J connectivity index is 1.44. The van der Waals surface area contributed by atoms with Crippen molar-refractivity contribution in [2.45, 2.75) is 44.9 Å². The maximum absolute atomic E-state index is 12.4. The highest BCUT2D eigenvalue weighted by Gasteiger charge is 2.40. The number of hydrogen-bond acceptors (Lipinski definition) is 2. The number of fused-ring (bicyclic) bond motifs is 2. The van der Waals surface area contributed by atoms with Gasteiger partial charge in [-0.2, -0.15) is 0 Å².